The van der Waals surface area contributed by atoms with Crippen LogP contribution in [0.4, 0.5) is 4.39 Å². The van der Waals surface area contributed by atoms with Crippen LogP contribution in [0.15, 0.2) is 35.2 Å². The molecule has 2 rings (SSSR count). The number of carbonyl (C=O) groups is 1. The first-order chi connectivity index (χ1) is 11.7. The number of rotatable bonds is 5. The van der Waals surface area contributed by atoms with Crippen LogP contribution in [0.3, 0.4) is 0 Å². The smallest absolute Gasteiger partial charge is 0.251 e. The van der Waals surface area contributed by atoms with E-state index in [1.807, 2.05) is 0 Å². The summed E-state index contributed by atoms with van der Waals surface area (Å²) in [5, 5.41) is 2.68. The highest BCUT2D eigenvalue weighted by atomic mass is 32.2. The van der Waals surface area contributed by atoms with E-state index in [9.17, 15) is 17.6 Å². The molecule has 0 heterocycles. The van der Waals surface area contributed by atoms with E-state index in [1.165, 1.54) is 19.2 Å². The Morgan fingerprint density at radius 2 is 1.76 bits per heavy atom. The van der Waals surface area contributed by atoms with Gasteiger partial charge in [-0.25, -0.2) is 17.5 Å². The maximum atomic E-state index is 13.6. The van der Waals surface area contributed by atoms with Crippen molar-refractivity contribution in [1.29, 1.82) is 0 Å². The summed E-state index contributed by atoms with van der Waals surface area (Å²) in [6.07, 6.45) is 0. The number of carbonyl (C=O) groups excluding carboxylic acids is 1. The van der Waals surface area contributed by atoms with E-state index < -0.39 is 15.9 Å². The first kappa shape index (κ1) is 19.1. The maximum Gasteiger partial charge on any atom is 0.251 e. The number of hydrogen-bond acceptors (Lipinski definition) is 3. The number of sulfonamides is 1. The SMILES string of the molecule is CNS(=O)(=O)c1cc(C(=O)NCc2ccc(C)c(F)c2)cc(C)c1C. The Labute approximate surface area is 147 Å². The number of aryl methyl sites for hydroxylation is 2. The zero-order valence-electron chi connectivity index (χ0n) is 14.6. The Kier molecular flexibility index (Phi) is 5.59. The maximum absolute atomic E-state index is 13.6. The van der Waals surface area contributed by atoms with Gasteiger partial charge in [-0.15, -0.1) is 0 Å². The summed E-state index contributed by atoms with van der Waals surface area (Å²) in [6, 6.07) is 7.72. The molecule has 0 atom stereocenters. The van der Waals surface area contributed by atoms with Crippen LogP contribution in [0.25, 0.3) is 0 Å². The van der Waals surface area contributed by atoms with Crippen molar-refractivity contribution in [3.05, 3.63) is 64.0 Å². The van der Waals surface area contributed by atoms with E-state index in [1.54, 1.807) is 39.0 Å². The molecule has 0 saturated carbocycles. The zero-order chi connectivity index (χ0) is 18.8. The van der Waals surface area contributed by atoms with Gasteiger partial charge in [0.25, 0.3) is 5.91 Å². The first-order valence-corrected chi connectivity index (χ1v) is 9.22. The first-order valence-electron chi connectivity index (χ1n) is 7.73. The summed E-state index contributed by atoms with van der Waals surface area (Å²) in [5.74, 6) is -0.753. The Morgan fingerprint density at radius 1 is 1.08 bits per heavy atom. The van der Waals surface area contributed by atoms with Gasteiger partial charge in [0.05, 0.1) is 4.90 Å². The third-order valence-electron chi connectivity index (χ3n) is 4.13. The minimum absolute atomic E-state index is 0.0709. The molecule has 0 bridgehead atoms. The van der Waals surface area contributed by atoms with Gasteiger partial charge in [-0.2, -0.15) is 0 Å². The third-order valence-corrected chi connectivity index (χ3v) is 5.67. The van der Waals surface area contributed by atoms with Crippen molar-refractivity contribution >= 4 is 15.9 Å². The van der Waals surface area contributed by atoms with Gasteiger partial charge in [-0.3, -0.25) is 4.79 Å². The van der Waals surface area contributed by atoms with Crippen LogP contribution in [-0.2, 0) is 16.6 Å². The number of amides is 1. The highest BCUT2D eigenvalue weighted by Gasteiger charge is 2.19. The monoisotopic (exact) mass is 364 g/mol. The fourth-order valence-corrected chi connectivity index (χ4v) is 3.44. The van der Waals surface area contributed by atoms with Gasteiger partial charge in [-0.05, 0) is 68.3 Å². The van der Waals surface area contributed by atoms with E-state index >= 15 is 0 Å². The lowest BCUT2D eigenvalue weighted by Crippen LogP contribution is -2.25. The second kappa shape index (κ2) is 7.33. The van der Waals surface area contributed by atoms with Crippen molar-refractivity contribution in [3.63, 3.8) is 0 Å². The Balaban J connectivity index is 2.26. The molecule has 5 nitrogen and oxygen atoms in total. The molecule has 7 heteroatoms. The second-order valence-electron chi connectivity index (χ2n) is 5.89. The molecule has 0 fully saturated rings. The molecular formula is C18H21FN2O3S. The van der Waals surface area contributed by atoms with Gasteiger partial charge in [-0.1, -0.05) is 12.1 Å². The number of halogens is 1. The topological polar surface area (TPSA) is 75.3 Å². The summed E-state index contributed by atoms with van der Waals surface area (Å²) in [7, 11) is -2.34. The molecule has 0 unspecified atom stereocenters. The lowest BCUT2D eigenvalue weighted by molar-refractivity contribution is 0.0950. The van der Waals surface area contributed by atoms with E-state index in [0.717, 1.165) is 0 Å². The van der Waals surface area contributed by atoms with Gasteiger partial charge >= 0.3 is 0 Å². The van der Waals surface area contributed by atoms with Crippen molar-refractivity contribution < 1.29 is 17.6 Å². The van der Waals surface area contributed by atoms with E-state index in [-0.39, 0.29) is 22.8 Å². The normalized spacial score (nSPS) is 11.4. The lowest BCUT2D eigenvalue weighted by atomic mass is 10.1. The molecule has 0 aliphatic carbocycles. The molecule has 2 aromatic rings. The van der Waals surface area contributed by atoms with Gasteiger partial charge in [0.2, 0.25) is 10.0 Å². The van der Waals surface area contributed by atoms with Gasteiger partial charge < -0.3 is 5.32 Å². The fraction of sp³-hybridized carbons (Fsp3) is 0.278. The predicted molar refractivity (Wildman–Crippen MR) is 94.5 cm³/mol. The highest BCUT2D eigenvalue weighted by Crippen LogP contribution is 2.21. The Morgan fingerprint density at radius 3 is 2.36 bits per heavy atom. The average Bonchev–Trinajstić information content (AvgIpc) is 2.57. The molecule has 0 radical (unpaired) electrons. The summed E-state index contributed by atoms with van der Waals surface area (Å²) < 4.78 is 40.0. The zero-order valence-corrected chi connectivity index (χ0v) is 15.4. The molecule has 0 saturated heterocycles. The molecule has 1 amide bonds. The van der Waals surface area contributed by atoms with Gasteiger partial charge in [0, 0.05) is 12.1 Å². The van der Waals surface area contributed by atoms with Gasteiger partial charge in [0.1, 0.15) is 5.82 Å². The predicted octanol–water partition coefficient (Wildman–Crippen LogP) is 2.59. The van der Waals surface area contributed by atoms with Crippen LogP contribution < -0.4 is 10.0 Å². The number of hydrogen-bond donors (Lipinski definition) is 2. The molecular weight excluding hydrogens is 343 g/mol. The minimum atomic E-state index is -3.66. The third kappa shape index (κ3) is 4.24. The molecule has 134 valence electrons. The largest absolute Gasteiger partial charge is 0.348 e. The lowest BCUT2D eigenvalue weighted by Gasteiger charge is -2.12. The van der Waals surface area contributed by atoms with E-state index in [0.29, 0.717) is 22.3 Å². The summed E-state index contributed by atoms with van der Waals surface area (Å²) in [5.41, 5.74) is 2.69. The molecule has 25 heavy (non-hydrogen) atoms. The van der Waals surface area contributed by atoms with Crippen LogP contribution in [0.1, 0.15) is 32.6 Å². The molecule has 0 aliphatic heterocycles. The second-order valence-corrected chi connectivity index (χ2v) is 7.75. The molecule has 2 N–H and O–H groups in total. The molecule has 0 spiro atoms. The van der Waals surface area contributed by atoms with Crippen LogP contribution in [-0.4, -0.2) is 21.4 Å². The van der Waals surface area contributed by atoms with Crippen LogP contribution in [0.2, 0.25) is 0 Å². The van der Waals surface area contributed by atoms with Crippen molar-refractivity contribution in [2.24, 2.45) is 0 Å². The Bertz CT molecular complexity index is 924. The number of nitrogens with one attached hydrogen (secondary N) is 2. The highest BCUT2D eigenvalue weighted by molar-refractivity contribution is 7.89. The van der Waals surface area contributed by atoms with Crippen molar-refractivity contribution in [1.82, 2.24) is 10.0 Å². The molecule has 2 aromatic carbocycles. The molecule has 0 aliphatic rings. The summed E-state index contributed by atoms with van der Waals surface area (Å²) in [4.78, 5) is 12.5. The van der Waals surface area contributed by atoms with E-state index in [2.05, 4.69) is 10.0 Å². The van der Waals surface area contributed by atoms with Crippen LogP contribution in [0, 0.1) is 26.6 Å². The van der Waals surface area contributed by atoms with Crippen molar-refractivity contribution in [2.75, 3.05) is 7.05 Å². The van der Waals surface area contributed by atoms with Crippen LogP contribution >= 0.6 is 0 Å². The van der Waals surface area contributed by atoms with Crippen molar-refractivity contribution in [3.8, 4) is 0 Å². The standard InChI is InChI=1S/C18H21FN2O3S/c1-11-5-6-14(8-16(11)19)10-21-18(22)15-7-12(2)13(3)17(9-15)25(23,24)20-4/h5-9,20H,10H2,1-4H3,(H,21,22). The van der Waals surface area contributed by atoms with Crippen molar-refractivity contribution in [2.45, 2.75) is 32.2 Å². The number of benzene rings is 2. The molecule has 0 aromatic heterocycles. The van der Waals surface area contributed by atoms with Crippen LogP contribution in [0.5, 0.6) is 0 Å². The average molecular weight is 364 g/mol. The fourth-order valence-electron chi connectivity index (χ4n) is 2.38. The quantitative estimate of drug-likeness (QED) is 0.856. The summed E-state index contributed by atoms with van der Waals surface area (Å²) in [6.45, 7) is 5.25. The Hall–Kier alpha value is -2.25. The summed E-state index contributed by atoms with van der Waals surface area (Å²) >= 11 is 0. The minimum Gasteiger partial charge on any atom is -0.348 e. The van der Waals surface area contributed by atoms with E-state index in [4.69, 9.17) is 0 Å². The van der Waals surface area contributed by atoms with Gasteiger partial charge in [0.15, 0.2) is 0 Å².